The van der Waals surface area contributed by atoms with Crippen molar-refractivity contribution in [2.24, 2.45) is 0 Å². The van der Waals surface area contributed by atoms with Crippen molar-refractivity contribution in [3.05, 3.63) is 11.7 Å². The van der Waals surface area contributed by atoms with Crippen molar-refractivity contribution >= 4 is 5.91 Å². The topological polar surface area (TPSA) is 89.3 Å². The van der Waals surface area contributed by atoms with Gasteiger partial charge >= 0.3 is 0 Å². The fourth-order valence-electron chi connectivity index (χ4n) is 1.43. The van der Waals surface area contributed by atoms with Gasteiger partial charge in [-0.25, -0.2) is 0 Å². The molecule has 0 radical (unpaired) electrons. The summed E-state index contributed by atoms with van der Waals surface area (Å²) in [6, 6.07) is -0.294. The molecule has 0 bridgehead atoms. The number of aromatic nitrogens is 2. The smallest absolute Gasteiger partial charge is 0.246 e. The predicted octanol–water partition coefficient (Wildman–Crippen LogP) is -1.02. The Balaban J connectivity index is 1.78. The van der Waals surface area contributed by atoms with Crippen LogP contribution in [0, 0.1) is 6.92 Å². The number of hydrogen-bond donors (Lipinski definition) is 2. The highest BCUT2D eigenvalue weighted by Gasteiger charge is 2.21. The number of rotatable bonds is 3. The molecule has 0 aliphatic carbocycles. The average molecular weight is 226 g/mol. The SMILES string of the molecule is Cc1noc(CNC(=O)C2COCCN2)n1. The molecule has 1 fully saturated rings. The van der Waals surface area contributed by atoms with E-state index in [2.05, 4.69) is 20.8 Å². The van der Waals surface area contributed by atoms with Crippen molar-refractivity contribution in [3.63, 3.8) is 0 Å². The first-order valence-corrected chi connectivity index (χ1v) is 5.14. The van der Waals surface area contributed by atoms with Crippen LogP contribution < -0.4 is 10.6 Å². The summed E-state index contributed by atoms with van der Waals surface area (Å²) in [4.78, 5) is 15.6. The van der Waals surface area contributed by atoms with E-state index in [0.717, 1.165) is 0 Å². The first-order chi connectivity index (χ1) is 7.75. The van der Waals surface area contributed by atoms with Gasteiger partial charge in [0.25, 0.3) is 0 Å². The Morgan fingerprint density at radius 2 is 2.56 bits per heavy atom. The van der Waals surface area contributed by atoms with Gasteiger partial charge in [-0.05, 0) is 6.92 Å². The highest BCUT2D eigenvalue weighted by Crippen LogP contribution is 1.97. The molecule has 7 nitrogen and oxygen atoms in total. The molecular weight excluding hydrogens is 212 g/mol. The zero-order valence-corrected chi connectivity index (χ0v) is 9.02. The van der Waals surface area contributed by atoms with Gasteiger partial charge in [0.15, 0.2) is 5.82 Å². The summed E-state index contributed by atoms with van der Waals surface area (Å²) in [5, 5.41) is 9.39. The molecular formula is C9H14N4O3. The molecule has 0 spiro atoms. The number of morpholine rings is 1. The van der Waals surface area contributed by atoms with Crippen LogP contribution >= 0.6 is 0 Å². The lowest BCUT2D eigenvalue weighted by Gasteiger charge is -2.22. The predicted molar refractivity (Wildman–Crippen MR) is 53.5 cm³/mol. The van der Waals surface area contributed by atoms with E-state index in [0.29, 0.717) is 31.5 Å². The lowest BCUT2D eigenvalue weighted by atomic mass is 10.2. The second kappa shape index (κ2) is 5.04. The normalized spacial score (nSPS) is 20.7. The Labute approximate surface area is 92.5 Å². The van der Waals surface area contributed by atoms with Crippen LogP contribution in [0.2, 0.25) is 0 Å². The molecule has 1 aliphatic heterocycles. The summed E-state index contributed by atoms with van der Waals surface area (Å²) in [6.07, 6.45) is 0. The third kappa shape index (κ3) is 2.77. The maximum absolute atomic E-state index is 11.6. The van der Waals surface area contributed by atoms with Gasteiger partial charge in [0, 0.05) is 6.54 Å². The third-order valence-corrected chi connectivity index (χ3v) is 2.22. The first kappa shape index (κ1) is 11.0. The number of hydrogen-bond acceptors (Lipinski definition) is 6. The minimum atomic E-state index is -0.294. The zero-order valence-electron chi connectivity index (χ0n) is 9.02. The molecule has 1 aromatic heterocycles. The number of nitrogens with zero attached hydrogens (tertiary/aromatic N) is 2. The van der Waals surface area contributed by atoms with Gasteiger partial charge < -0.3 is 19.9 Å². The van der Waals surface area contributed by atoms with E-state index in [4.69, 9.17) is 9.26 Å². The number of aryl methyl sites for hydroxylation is 1. The van der Waals surface area contributed by atoms with Crippen LogP contribution in [0.15, 0.2) is 4.52 Å². The van der Waals surface area contributed by atoms with E-state index in [1.165, 1.54) is 0 Å². The largest absolute Gasteiger partial charge is 0.378 e. The van der Waals surface area contributed by atoms with Gasteiger partial charge in [-0.15, -0.1) is 0 Å². The van der Waals surface area contributed by atoms with Crippen LogP contribution in [0.4, 0.5) is 0 Å². The second-order valence-corrected chi connectivity index (χ2v) is 3.53. The molecule has 88 valence electrons. The van der Waals surface area contributed by atoms with Crippen molar-refractivity contribution in [2.75, 3.05) is 19.8 Å². The Hall–Kier alpha value is -1.47. The number of amides is 1. The number of ether oxygens (including phenoxy) is 1. The van der Waals surface area contributed by atoms with Crippen LogP contribution in [0.5, 0.6) is 0 Å². The number of carbonyl (C=O) groups is 1. The van der Waals surface area contributed by atoms with E-state index < -0.39 is 0 Å². The van der Waals surface area contributed by atoms with Crippen LogP contribution in [0.3, 0.4) is 0 Å². The fourth-order valence-corrected chi connectivity index (χ4v) is 1.43. The van der Waals surface area contributed by atoms with Gasteiger partial charge in [-0.3, -0.25) is 4.79 Å². The standard InChI is InChI=1S/C9H14N4O3/c1-6-12-8(16-13-6)4-11-9(14)7-5-15-3-2-10-7/h7,10H,2-5H2,1H3,(H,11,14). The number of carbonyl (C=O) groups excluding carboxylic acids is 1. The highest BCUT2D eigenvalue weighted by molar-refractivity contribution is 5.81. The van der Waals surface area contributed by atoms with E-state index in [9.17, 15) is 4.79 Å². The minimum Gasteiger partial charge on any atom is -0.378 e. The minimum absolute atomic E-state index is 0.115. The van der Waals surface area contributed by atoms with Gasteiger partial charge in [-0.1, -0.05) is 5.16 Å². The quantitative estimate of drug-likeness (QED) is 0.686. The Kier molecular flexibility index (Phi) is 3.47. The number of nitrogens with one attached hydrogen (secondary N) is 2. The van der Waals surface area contributed by atoms with Gasteiger partial charge in [0.05, 0.1) is 19.8 Å². The van der Waals surface area contributed by atoms with Gasteiger partial charge in [0.1, 0.15) is 6.04 Å². The second-order valence-electron chi connectivity index (χ2n) is 3.53. The van der Waals surface area contributed by atoms with Crippen LogP contribution in [0.25, 0.3) is 0 Å². The maximum Gasteiger partial charge on any atom is 0.246 e. The van der Waals surface area contributed by atoms with Crippen molar-refractivity contribution in [2.45, 2.75) is 19.5 Å². The van der Waals surface area contributed by atoms with E-state index in [1.54, 1.807) is 6.92 Å². The van der Waals surface area contributed by atoms with Crippen molar-refractivity contribution in [3.8, 4) is 0 Å². The average Bonchev–Trinajstić information content (AvgIpc) is 2.73. The molecule has 1 atom stereocenters. The summed E-state index contributed by atoms with van der Waals surface area (Å²) in [5.74, 6) is 0.849. The first-order valence-electron chi connectivity index (χ1n) is 5.14. The molecule has 7 heteroatoms. The van der Waals surface area contributed by atoms with E-state index in [1.807, 2.05) is 0 Å². The lowest BCUT2D eigenvalue weighted by Crippen LogP contribution is -2.51. The maximum atomic E-state index is 11.6. The molecule has 1 aromatic rings. The molecule has 2 heterocycles. The summed E-state index contributed by atoms with van der Waals surface area (Å²) < 4.78 is 10.1. The molecule has 2 N–H and O–H groups in total. The van der Waals surface area contributed by atoms with Crippen LogP contribution in [-0.2, 0) is 16.1 Å². The van der Waals surface area contributed by atoms with Crippen molar-refractivity contribution in [1.29, 1.82) is 0 Å². The Morgan fingerprint density at radius 3 is 3.19 bits per heavy atom. The van der Waals surface area contributed by atoms with E-state index in [-0.39, 0.29) is 18.5 Å². The fraction of sp³-hybridized carbons (Fsp3) is 0.667. The van der Waals surface area contributed by atoms with Gasteiger partial charge in [0.2, 0.25) is 11.8 Å². The lowest BCUT2D eigenvalue weighted by molar-refractivity contribution is -0.126. The molecule has 0 saturated carbocycles. The van der Waals surface area contributed by atoms with Gasteiger partial charge in [-0.2, -0.15) is 4.98 Å². The van der Waals surface area contributed by atoms with Crippen LogP contribution in [0.1, 0.15) is 11.7 Å². The summed E-state index contributed by atoms with van der Waals surface area (Å²) in [5.41, 5.74) is 0. The summed E-state index contributed by atoms with van der Waals surface area (Å²) >= 11 is 0. The summed E-state index contributed by atoms with van der Waals surface area (Å²) in [6.45, 7) is 3.71. The molecule has 1 aliphatic rings. The molecule has 2 rings (SSSR count). The monoisotopic (exact) mass is 226 g/mol. The van der Waals surface area contributed by atoms with Crippen molar-refractivity contribution in [1.82, 2.24) is 20.8 Å². The van der Waals surface area contributed by atoms with Crippen molar-refractivity contribution < 1.29 is 14.1 Å². The Morgan fingerprint density at radius 1 is 1.69 bits per heavy atom. The Bertz CT molecular complexity index is 359. The molecule has 1 unspecified atom stereocenters. The molecule has 16 heavy (non-hydrogen) atoms. The molecule has 1 amide bonds. The third-order valence-electron chi connectivity index (χ3n) is 2.22. The highest BCUT2D eigenvalue weighted by atomic mass is 16.5. The molecule has 1 saturated heterocycles. The van der Waals surface area contributed by atoms with Crippen LogP contribution in [-0.4, -0.2) is 41.8 Å². The summed E-state index contributed by atoms with van der Waals surface area (Å²) in [7, 11) is 0. The van der Waals surface area contributed by atoms with E-state index >= 15 is 0 Å². The molecule has 0 aromatic carbocycles. The zero-order chi connectivity index (χ0) is 11.4.